The summed E-state index contributed by atoms with van der Waals surface area (Å²) in [6.07, 6.45) is 0.684. The Morgan fingerprint density at radius 2 is 2.00 bits per heavy atom. The minimum atomic E-state index is -0.275. The van der Waals surface area contributed by atoms with Crippen LogP contribution < -0.4 is 15.9 Å². The van der Waals surface area contributed by atoms with Gasteiger partial charge in [-0.05, 0) is 24.6 Å². The molecule has 2 aromatic rings. The average molecular weight is 328 g/mol. The van der Waals surface area contributed by atoms with Gasteiger partial charge in [-0.1, -0.05) is 6.58 Å². The summed E-state index contributed by atoms with van der Waals surface area (Å²) in [6.45, 7) is 5.15. The molecule has 3 heterocycles. The predicted octanol–water partition coefficient (Wildman–Crippen LogP) is 0.486. The van der Waals surface area contributed by atoms with E-state index in [0.717, 1.165) is 16.7 Å². The van der Waals surface area contributed by atoms with Crippen LogP contribution in [0.2, 0.25) is 0 Å². The number of amides is 1. The third-order valence-electron chi connectivity index (χ3n) is 4.96. The molecular formula is C17H20N4O3. The largest absolute Gasteiger partial charge is 0.389 e. The monoisotopic (exact) mass is 328 g/mol. The molecule has 0 radical (unpaired) electrons. The van der Waals surface area contributed by atoms with Crippen molar-refractivity contribution in [3.8, 4) is 0 Å². The fourth-order valence-corrected chi connectivity index (χ4v) is 3.57. The maximum Gasteiger partial charge on any atom is 0.329 e. The number of piperidine rings is 1. The molecule has 0 spiro atoms. The highest BCUT2D eigenvalue weighted by atomic mass is 16.3. The van der Waals surface area contributed by atoms with E-state index in [1.807, 2.05) is 18.2 Å². The number of aliphatic hydroxyl groups is 1. The lowest BCUT2D eigenvalue weighted by atomic mass is 10.0. The Bertz CT molecular complexity index is 904. The number of aryl methyl sites for hydroxylation is 1. The highest BCUT2D eigenvalue weighted by Crippen LogP contribution is 2.30. The van der Waals surface area contributed by atoms with Gasteiger partial charge in [0.05, 0.1) is 23.2 Å². The molecule has 2 fully saturated rings. The minimum absolute atomic E-state index is 0.0526. The fourth-order valence-electron chi connectivity index (χ4n) is 3.57. The summed E-state index contributed by atoms with van der Waals surface area (Å²) < 4.78 is 3.34. The first-order chi connectivity index (χ1) is 11.5. The third kappa shape index (κ3) is 2.16. The second-order valence-corrected chi connectivity index (χ2v) is 6.57. The molecule has 0 saturated carbocycles. The van der Waals surface area contributed by atoms with Crippen LogP contribution in [0, 0.1) is 0 Å². The van der Waals surface area contributed by atoms with Crippen molar-refractivity contribution in [3.05, 3.63) is 41.0 Å². The van der Waals surface area contributed by atoms with E-state index in [1.54, 1.807) is 16.2 Å². The maximum absolute atomic E-state index is 12.7. The molecule has 2 N–H and O–H groups in total. The molecule has 7 nitrogen and oxygen atoms in total. The van der Waals surface area contributed by atoms with Gasteiger partial charge in [0.2, 0.25) is 5.91 Å². The number of β-amino-alcohol motifs (C(OH)–C–C–N with tert-alkyl or cyclic N) is 1. The number of carbonyl (C=O) groups is 1. The summed E-state index contributed by atoms with van der Waals surface area (Å²) >= 11 is 0. The number of fused-ring (bicyclic) bond motifs is 1. The smallest absolute Gasteiger partial charge is 0.329 e. The molecule has 0 bridgehead atoms. The van der Waals surface area contributed by atoms with E-state index in [2.05, 4.69) is 16.8 Å². The van der Waals surface area contributed by atoms with Crippen LogP contribution in [-0.2, 0) is 11.8 Å². The zero-order chi connectivity index (χ0) is 17.0. The van der Waals surface area contributed by atoms with Crippen LogP contribution >= 0.6 is 0 Å². The molecule has 1 aromatic heterocycles. The van der Waals surface area contributed by atoms with E-state index in [-0.39, 0.29) is 23.7 Å². The Balaban J connectivity index is 1.79. The quantitative estimate of drug-likeness (QED) is 0.841. The highest BCUT2D eigenvalue weighted by Gasteiger charge is 2.28. The topological polar surface area (TPSA) is 79.5 Å². The van der Waals surface area contributed by atoms with E-state index in [0.29, 0.717) is 31.6 Å². The highest BCUT2D eigenvalue weighted by molar-refractivity contribution is 5.82. The second-order valence-electron chi connectivity index (χ2n) is 6.57. The zero-order valence-electron chi connectivity index (χ0n) is 13.5. The number of nitrogens with one attached hydrogen (secondary N) is 1. The molecule has 1 unspecified atom stereocenters. The number of rotatable bonds is 2. The molecular weight excluding hydrogens is 308 g/mol. The summed E-state index contributed by atoms with van der Waals surface area (Å²) in [6, 6.07) is 5.65. The van der Waals surface area contributed by atoms with Gasteiger partial charge in [-0.25, -0.2) is 4.79 Å². The van der Waals surface area contributed by atoms with Gasteiger partial charge < -0.3 is 15.3 Å². The number of hydrogen-bond acceptors (Lipinski definition) is 4. The van der Waals surface area contributed by atoms with Crippen LogP contribution in [0.25, 0.3) is 11.0 Å². The van der Waals surface area contributed by atoms with Gasteiger partial charge in [0.15, 0.2) is 0 Å². The van der Waals surface area contributed by atoms with Gasteiger partial charge in [-0.3, -0.25) is 13.9 Å². The van der Waals surface area contributed by atoms with Gasteiger partial charge in [-0.2, -0.15) is 0 Å². The summed E-state index contributed by atoms with van der Waals surface area (Å²) in [4.78, 5) is 26.3. The molecule has 1 amide bonds. The number of nitrogens with zero attached hydrogens (tertiary/aromatic N) is 3. The standard InChI is InChI=1S/C17H20N4O3/c1-10-13(5-6-16(23)18-10)21-14-4-3-11(20-8-12(22)9-20)7-15(14)19(2)17(21)24/h3-4,7,12-13,22H,1,5-6,8-9H2,2H3,(H,18,23). The Kier molecular flexibility index (Phi) is 3.28. The van der Waals surface area contributed by atoms with Crippen LogP contribution in [0.5, 0.6) is 0 Å². The van der Waals surface area contributed by atoms with Crippen molar-refractivity contribution in [2.45, 2.75) is 25.0 Å². The van der Waals surface area contributed by atoms with Crippen molar-refractivity contribution >= 4 is 22.6 Å². The normalized spacial score (nSPS) is 21.9. The van der Waals surface area contributed by atoms with Crippen molar-refractivity contribution in [2.24, 2.45) is 7.05 Å². The molecule has 7 heteroatoms. The molecule has 126 valence electrons. The average Bonchev–Trinajstić information content (AvgIpc) is 2.76. The Morgan fingerprint density at radius 3 is 2.67 bits per heavy atom. The van der Waals surface area contributed by atoms with E-state index >= 15 is 0 Å². The van der Waals surface area contributed by atoms with Crippen LogP contribution in [-0.4, -0.2) is 39.3 Å². The number of hydrogen-bond donors (Lipinski definition) is 2. The van der Waals surface area contributed by atoms with Gasteiger partial charge in [-0.15, -0.1) is 0 Å². The van der Waals surface area contributed by atoms with Crippen molar-refractivity contribution < 1.29 is 9.90 Å². The van der Waals surface area contributed by atoms with Gasteiger partial charge in [0.25, 0.3) is 0 Å². The van der Waals surface area contributed by atoms with Crippen molar-refractivity contribution in [2.75, 3.05) is 18.0 Å². The van der Waals surface area contributed by atoms with Crippen LogP contribution in [0.4, 0.5) is 5.69 Å². The fraction of sp³-hybridized carbons (Fsp3) is 0.412. The molecule has 2 aliphatic heterocycles. The lowest BCUT2D eigenvalue weighted by molar-refractivity contribution is -0.121. The number of carbonyl (C=O) groups excluding carboxylic acids is 1. The maximum atomic E-state index is 12.7. The second kappa shape index (κ2) is 5.24. The molecule has 2 aliphatic rings. The molecule has 4 rings (SSSR count). The lowest BCUT2D eigenvalue weighted by Crippen LogP contribution is -2.50. The molecule has 24 heavy (non-hydrogen) atoms. The Morgan fingerprint density at radius 1 is 1.25 bits per heavy atom. The number of benzene rings is 1. The van der Waals surface area contributed by atoms with Gasteiger partial charge in [0, 0.05) is 37.9 Å². The van der Waals surface area contributed by atoms with Crippen molar-refractivity contribution in [1.29, 1.82) is 0 Å². The molecule has 1 aromatic carbocycles. The predicted molar refractivity (Wildman–Crippen MR) is 91.0 cm³/mol. The number of aliphatic hydroxyl groups excluding tert-OH is 1. The van der Waals surface area contributed by atoms with E-state index in [1.165, 1.54) is 0 Å². The van der Waals surface area contributed by atoms with Crippen molar-refractivity contribution in [1.82, 2.24) is 14.5 Å². The number of imidazole rings is 1. The summed E-state index contributed by atoms with van der Waals surface area (Å²) in [5.41, 5.74) is 3.11. The first-order valence-corrected chi connectivity index (χ1v) is 8.08. The SMILES string of the molecule is C=C1NC(=O)CCC1n1c(=O)n(C)c2cc(N3CC(O)C3)ccc21. The van der Waals surface area contributed by atoms with E-state index in [4.69, 9.17) is 0 Å². The minimum Gasteiger partial charge on any atom is -0.389 e. The van der Waals surface area contributed by atoms with E-state index in [9.17, 15) is 14.7 Å². The van der Waals surface area contributed by atoms with Crippen molar-refractivity contribution in [3.63, 3.8) is 0 Å². The number of anilines is 1. The Labute approximate surface area is 138 Å². The first-order valence-electron chi connectivity index (χ1n) is 8.08. The van der Waals surface area contributed by atoms with Crippen LogP contribution in [0.3, 0.4) is 0 Å². The van der Waals surface area contributed by atoms with Crippen LogP contribution in [0.15, 0.2) is 35.3 Å². The number of allylic oxidation sites excluding steroid dienone is 1. The summed E-state index contributed by atoms with van der Waals surface area (Å²) in [5.74, 6) is -0.0526. The van der Waals surface area contributed by atoms with Gasteiger partial charge in [0.1, 0.15) is 0 Å². The molecule has 1 atom stereocenters. The zero-order valence-corrected chi connectivity index (χ0v) is 13.5. The summed E-state index contributed by atoms with van der Waals surface area (Å²) in [7, 11) is 1.75. The van der Waals surface area contributed by atoms with E-state index < -0.39 is 0 Å². The van der Waals surface area contributed by atoms with Crippen LogP contribution in [0.1, 0.15) is 18.9 Å². The first kappa shape index (κ1) is 15.0. The lowest BCUT2D eigenvalue weighted by Gasteiger charge is -2.37. The molecule has 2 saturated heterocycles. The number of aromatic nitrogens is 2. The molecule has 0 aliphatic carbocycles. The third-order valence-corrected chi connectivity index (χ3v) is 4.96. The van der Waals surface area contributed by atoms with Gasteiger partial charge >= 0.3 is 5.69 Å². The Hall–Kier alpha value is -2.54. The summed E-state index contributed by atoms with van der Waals surface area (Å²) in [5, 5.41) is 12.2.